The van der Waals surface area contributed by atoms with Crippen LogP contribution < -0.4 is 9.80 Å². The fraction of sp³-hybridized carbons (Fsp3) is 0.286. The Kier molecular flexibility index (Phi) is 3.28. The van der Waals surface area contributed by atoms with Gasteiger partial charge in [-0.3, -0.25) is 9.78 Å². The number of rotatable bonds is 3. The molecule has 6 heteroatoms. The topological polar surface area (TPSA) is 62.2 Å². The summed E-state index contributed by atoms with van der Waals surface area (Å²) in [6.45, 7) is 1.17. The van der Waals surface area contributed by atoms with E-state index in [0.29, 0.717) is 13.0 Å². The molecule has 2 aromatic heterocycles. The lowest BCUT2D eigenvalue weighted by atomic mass is 10.3. The van der Waals surface area contributed by atoms with Crippen molar-refractivity contribution in [1.82, 2.24) is 15.0 Å². The minimum absolute atomic E-state index is 0.257. The zero-order chi connectivity index (χ0) is 13.9. The molecule has 3 rings (SSSR count). The van der Waals surface area contributed by atoms with Gasteiger partial charge in [-0.05, 0) is 12.1 Å². The van der Waals surface area contributed by atoms with Crippen molar-refractivity contribution < 1.29 is 4.79 Å². The van der Waals surface area contributed by atoms with Gasteiger partial charge in [0.2, 0.25) is 0 Å². The van der Waals surface area contributed by atoms with Crippen LogP contribution in [-0.4, -0.2) is 40.9 Å². The van der Waals surface area contributed by atoms with E-state index in [1.165, 1.54) is 6.33 Å². The summed E-state index contributed by atoms with van der Waals surface area (Å²) in [4.78, 5) is 27.9. The molecule has 1 fully saturated rings. The van der Waals surface area contributed by atoms with Gasteiger partial charge in [0.15, 0.2) is 5.78 Å². The third-order valence-corrected chi connectivity index (χ3v) is 3.38. The van der Waals surface area contributed by atoms with E-state index in [4.69, 9.17) is 0 Å². The fourth-order valence-corrected chi connectivity index (χ4v) is 2.22. The predicted molar refractivity (Wildman–Crippen MR) is 76.2 cm³/mol. The van der Waals surface area contributed by atoms with Gasteiger partial charge in [-0.25, -0.2) is 9.97 Å². The van der Waals surface area contributed by atoms with E-state index < -0.39 is 0 Å². The van der Waals surface area contributed by atoms with Gasteiger partial charge < -0.3 is 9.80 Å². The van der Waals surface area contributed by atoms with Crippen molar-refractivity contribution in [1.29, 1.82) is 0 Å². The quantitative estimate of drug-likeness (QED) is 0.839. The molecule has 0 aromatic carbocycles. The number of carbonyl (C=O) groups is 1. The van der Waals surface area contributed by atoms with Gasteiger partial charge in [0.25, 0.3) is 0 Å². The number of ketones is 1. The SMILES string of the molecule is CN(c1ccncc1)c1cc(N2CCC(=O)C2)ncn1. The molecule has 0 radical (unpaired) electrons. The maximum Gasteiger partial charge on any atom is 0.153 e. The summed E-state index contributed by atoms with van der Waals surface area (Å²) in [5, 5.41) is 0. The molecule has 3 heterocycles. The Hall–Kier alpha value is -2.50. The lowest BCUT2D eigenvalue weighted by molar-refractivity contribution is -0.116. The van der Waals surface area contributed by atoms with Crippen LogP contribution in [0.1, 0.15) is 6.42 Å². The molecule has 1 saturated heterocycles. The Bertz CT molecular complexity index is 616. The van der Waals surface area contributed by atoms with Crippen LogP contribution in [0, 0.1) is 0 Å². The van der Waals surface area contributed by atoms with E-state index in [1.54, 1.807) is 12.4 Å². The molecule has 0 N–H and O–H groups in total. The van der Waals surface area contributed by atoms with Crippen molar-refractivity contribution in [3.63, 3.8) is 0 Å². The van der Waals surface area contributed by atoms with Crippen molar-refractivity contribution in [2.75, 3.05) is 29.9 Å². The Morgan fingerprint density at radius 1 is 1.25 bits per heavy atom. The summed E-state index contributed by atoms with van der Waals surface area (Å²) in [6.07, 6.45) is 5.62. The van der Waals surface area contributed by atoms with Gasteiger partial charge in [-0.2, -0.15) is 0 Å². The molecule has 20 heavy (non-hydrogen) atoms. The molecule has 6 nitrogen and oxygen atoms in total. The minimum Gasteiger partial charge on any atom is -0.349 e. The molecule has 102 valence electrons. The molecule has 2 aromatic rings. The van der Waals surface area contributed by atoms with E-state index in [9.17, 15) is 4.79 Å². The van der Waals surface area contributed by atoms with E-state index in [-0.39, 0.29) is 5.78 Å². The highest BCUT2D eigenvalue weighted by molar-refractivity contribution is 5.86. The Balaban J connectivity index is 1.86. The molecule has 0 bridgehead atoms. The molecular formula is C14H15N5O. The summed E-state index contributed by atoms with van der Waals surface area (Å²) in [7, 11) is 1.94. The highest BCUT2D eigenvalue weighted by atomic mass is 16.1. The molecule has 0 amide bonds. The lowest BCUT2D eigenvalue weighted by Crippen LogP contribution is -2.21. The summed E-state index contributed by atoms with van der Waals surface area (Å²) >= 11 is 0. The average Bonchev–Trinajstić information content (AvgIpc) is 2.94. The average molecular weight is 269 g/mol. The summed E-state index contributed by atoms with van der Waals surface area (Å²) in [6, 6.07) is 5.74. The van der Waals surface area contributed by atoms with E-state index in [0.717, 1.165) is 23.9 Å². The number of nitrogens with zero attached hydrogens (tertiary/aromatic N) is 5. The van der Waals surface area contributed by atoms with E-state index in [1.807, 2.05) is 35.0 Å². The Morgan fingerprint density at radius 3 is 2.75 bits per heavy atom. The molecule has 0 saturated carbocycles. The van der Waals surface area contributed by atoms with Crippen molar-refractivity contribution in [3.05, 3.63) is 36.9 Å². The lowest BCUT2D eigenvalue weighted by Gasteiger charge is -2.20. The third kappa shape index (κ3) is 2.45. The summed E-state index contributed by atoms with van der Waals surface area (Å²) in [5.74, 6) is 1.84. The second-order valence-corrected chi connectivity index (χ2v) is 4.71. The smallest absolute Gasteiger partial charge is 0.153 e. The minimum atomic E-state index is 0.257. The first-order valence-corrected chi connectivity index (χ1v) is 6.46. The van der Waals surface area contributed by atoms with Crippen LogP contribution in [0.15, 0.2) is 36.9 Å². The maximum atomic E-state index is 11.4. The number of pyridine rings is 1. The number of hydrogen-bond donors (Lipinski definition) is 0. The van der Waals surface area contributed by atoms with Gasteiger partial charge in [0.1, 0.15) is 18.0 Å². The van der Waals surface area contributed by atoms with Crippen LogP contribution in [-0.2, 0) is 4.79 Å². The molecule has 0 spiro atoms. The molecule has 1 aliphatic rings. The number of anilines is 3. The Labute approximate surface area is 117 Å². The maximum absolute atomic E-state index is 11.4. The zero-order valence-corrected chi connectivity index (χ0v) is 11.2. The van der Waals surface area contributed by atoms with Crippen LogP contribution in [0.5, 0.6) is 0 Å². The zero-order valence-electron chi connectivity index (χ0n) is 11.2. The van der Waals surface area contributed by atoms with E-state index in [2.05, 4.69) is 15.0 Å². The highest BCUT2D eigenvalue weighted by Gasteiger charge is 2.21. The van der Waals surface area contributed by atoms with Crippen LogP contribution in [0.4, 0.5) is 17.3 Å². The normalized spacial score (nSPS) is 14.7. The first kappa shape index (κ1) is 12.5. The van der Waals surface area contributed by atoms with Crippen LogP contribution in [0.25, 0.3) is 0 Å². The van der Waals surface area contributed by atoms with Crippen molar-refractivity contribution in [2.24, 2.45) is 0 Å². The van der Waals surface area contributed by atoms with Crippen LogP contribution in [0.3, 0.4) is 0 Å². The second-order valence-electron chi connectivity index (χ2n) is 4.71. The molecule has 0 atom stereocenters. The second kappa shape index (κ2) is 5.24. The third-order valence-electron chi connectivity index (χ3n) is 3.38. The van der Waals surface area contributed by atoms with Crippen LogP contribution in [0.2, 0.25) is 0 Å². The number of hydrogen-bond acceptors (Lipinski definition) is 6. The summed E-state index contributed by atoms with van der Waals surface area (Å²) < 4.78 is 0. The van der Waals surface area contributed by atoms with Gasteiger partial charge in [0, 0.05) is 44.2 Å². The highest BCUT2D eigenvalue weighted by Crippen LogP contribution is 2.24. The van der Waals surface area contributed by atoms with Gasteiger partial charge in [-0.1, -0.05) is 0 Å². The molecule has 0 aliphatic carbocycles. The molecular weight excluding hydrogens is 254 g/mol. The number of carbonyl (C=O) groups excluding carboxylic acids is 1. The fourth-order valence-electron chi connectivity index (χ4n) is 2.22. The van der Waals surface area contributed by atoms with Crippen molar-refractivity contribution in [2.45, 2.75) is 6.42 Å². The number of Topliss-reactive ketones (excluding diaryl/α,β-unsaturated/α-hetero) is 1. The first-order chi connectivity index (χ1) is 9.74. The van der Waals surface area contributed by atoms with Crippen LogP contribution >= 0.6 is 0 Å². The van der Waals surface area contributed by atoms with Crippen molar-refractivity contribution >= 4 is 23.1 Å². The Morgan fingerprint density at radius 2 is 2.05 bits per heavy atom. The molecule has 0 unspecified atom stereocenters. The monoisotopic (exact) mass is 269 g/mol. The van der Waals surface area contributed by atoms with Gasteiger partial charge in [-0.15, -0.1) is 0 Å². The largest absolute Gasteiger partial charge is 0.349 e. The standard InChI is InChI=1S/C14H15N5O/c1-18(11-2-5-15-6-3-11)13-8-14(17-10-16-13)19-7-4-12(20)9-19/h2-3,5-6,8,10H,4,7,9H2,1H3. The first-order valence-electron chi connectivity index (χ1n) is 6.46. The van der Waals surface area contributed by atoms with E-state index >= 15 is 0 Å². The van der Waals surface area contributed by atoms with Gasteiger partial charge >= 0.3 is 0 Å². The number of aromatic nitrogens is 3. The van der Waals surface area contributed by atoms with Crippen molar-refractivity contribution in [3.8, 4) is 0 Å². The summed E-state index contributed by atoms with van der Waals surface area (Å²) in [5.41, 5.74) is 1.00. The van der Waals surface area contributed by atoms with Gasteiger partial charge in [0.05, 0.1) is 6.54 Å². The predicted octanol–water partition coefficient (Wildman–Crippen LogP) is 1.42. The molecule has 1 aliphatic heterocycles.